The number of amides is 2. The molecule has 0 unspecified atom stereocenters. The summed E-state index contributed by atoms with van der Waals surface area (Å²) in [4.78, 5) is 39.4. The van der Waals surface area contributed by atoms with Gasteiger partial charge in [-0.15, -0.1) is 0 Å². The number of urea groups is 1. The van der Waals surface area contributed by atoms with Crippen molar-refractivity contribution in [1.82, 2.24) is 20.3 Å². The van der Waals surface area contributed by atoms with Gasteiger partial charge in [0.05, 0.1) is 17.9 Å². The molecule has 1 aliphatic rings. The molecule has 168 valence electrons. The number of pyridine rings is 1. The molecule has 3 N–H and O–H groups in total. The Balaban J connectivity index is 1.43. The fraction of sp³-hybridized carbons (Fsp3) is 0.261. The standard InChI is InChI=1S/C23H22N6O4/c1-12-7-8-14(10-24-12)27-23(32)28-15-9-17(22(30)31)29(11-15)21-20-19(25-13(2)26-21)16-5-3-4-6-18(16)33-20/h3-8,10,15,17H,9,11H2,1-2H3,(H,30,31)(H2,27,28,32)/t15-,17-/m0/s1. The highest BCUT2D eigenvalue weighted by Crippen LogP contribution is 2.35. The molecule has 2 amide bonds. The molecule has 5 rings (SSSR count). The first kappa shape index (κ1) is 20.7. The van der Waals surface area contributed by atoms with Crippen LogP contribution >= 0.6 is 0 Å². The molecule has 10 heteroatoms. The topological polar surface area (TPSA) is 133 Å². The fourth-order valence-electron chi connectivity index (χ4n) is 4.18. The SMILES string of the molecule is Cc1ccc(NC(=O)N[C@H]2C[C@@H](C(=O)O)N(c3nc(C)nc4c3oc3ccccc34)C2)cn1. The van der Waals surface area contributed by atoms with Gasteiger partial charge in [-0.25, -0.2) is 19.6 Å². The minimum Gasteiger partial charge on any atom is -0.480 e. The number of benzene rings is 1. The normalized spacial score (nSPS) is 18.1. The summed E-state index contributed by atoms with van der Waals surface area (Å²) in [5, 5.41) is 16.3. The van der Waals surface area contributed by atoms with Crippen LogP contribution in [0.2, 0.25) is 0 Å². The van der Waals surface area contributed by atoms with Gasteiger partial charge >= 0.3 is 12.0 Å². The van der Waals surface area contributed by atoms with E-state index in [-0.39, 0.29) is 13.0 Å². The lowest BCUT2D eigenvalue weighted by Gasteiger charge is -2.22. The van der Waals surface area contributed by atoms with Gasteiger partial charge in [0.15, 0.2) is 11.4 Å². The number of fused-ring (bicyclic) bond motifs is 3. The van der Waals surface area contributed by atoms with Gasteiger partial charge in [0.25, 0.3) is 0 Å². The number of aliphatic carboxylic acids is 1. The van der Waals surface area contributed by atoms with E-state index in [2.05, 4.69) is 25.6 Å². The zero-order valence-electron chi connectivity index (χ0n) is 18.1. The largest absolute Gasteiger partial charge is 0.480 e. The van der Waals surface area contributed by atoms with E-state index in [1.807, 2.05) is 31.2 Å². The van der Waals surface area contributed by atoms with Crippen molar-refractivity contribution >= 4 is 45.6 Å². The second kappa shape index (κ2) is 8.05. The predicted octanol–water partition coefficient (Wildman–Crippen LogP) is 3.24. The van der Waals surface area contributed by atoms with Gasteiger partial charge in [0.2, 0.25) is 0 Å². The van der Waals surface area contributed by atoms with Crippen LogP contribution in [0.25, 0.3) is 22.1 Å². The Hall–Kier alpha value is -4.21. The Morgan fingerprint density at radius 3 is 2.73 bits per heavy atom. The van der Waals surface area contributed by atoms with Crippen LogP contribution in [-0.4, -0.2) is 50.7 Å². The molecule has 1 aromatic carbocycles. The number of aromatic nitrogens is 3. The van der Waals surface area contributed by atoms with Gasteiger partial charge < -0.3 is 25.1 Å². The third kappa shape index (κ3) is 3.91. The zero-order chi connectivity index (χ0) is 23.1. The van der Waals surface area contributed by atoms with Crippen molar-refractivity contribution in [1.29, 1.82) is 0 Å². The number of carbonyl (C=O) groups excluding carboxylic acids is 1. The second-order valence-corrected chi connectivity index (χ2v) is 8.10. The van der Waals surface area contributed by atoms with Gasteiger partial charge in [-0.05, 0) is 38.1 Å². The summed E-state index contributed by atoms with van der Waals surface area (Å²) in [6.45, 7) is 3.88. The van der Waals surface area contributed by atoms with Crippen LogP contribution in [-0.2, 0) is 4.79 Å². The van der Waals surface area contributed by atoms with Gasteiger partial charge in [-0.3, -0.25) is 4.98 Å². The summed E-state index contributed by atoms with van der Waals surface area (Å²) >= 11 is 0. The number of carbonyl (C=O) groups is 2. The monoisotopic (exact) mass is 446 g/mol. The number of aryl methyl sites for hydroxylation is 2. The number of anilines is 2. The molecule has 1 aliphatic heterocycles. The van der Waals surface area contributed by atoms with Crippen molar-refractivity contribution in [2.75, 3.05) is 16.8 Å². The third-order valence-electron chi connectivity index (χ3n) is 5.68. The molecule has 4 heterocycles. The van der Waals surface area contributed by atoms with Crippen molar-refractivity contribution in [3.05, 3.63) is 54.1 Å². The molecule has 2 atom stereocenters. The van der Waals surface area contributed by atoms with Crippen molar-refractivity contribution in [3.8, 4) is 0 Å². The summed E-state index contributed by atoms with van der Waals surface area (Å²) in [7, 11) is 0. The molecule has 0 saturated carbocycles. The minimum atomic E-state index is -0.997. The summed E-state index contributed by atoms with van der Waals surface area (Å²) in [6.07, 6.45) is 1.79. The Bertz CT molecular complexity index is 1370. The summed E-state index contributed by atoms with van der Waals surface area (Å²) in [6, 6.07) is 9.35. The first-order chi connectivity index (χ1) is 15.9. The van der Waals surface area contributed by atoms with Crippen LogP contribution in [0.4, 0.5) is 16.3 Å². The van der Waals surface area contributed by atoms with Crippen molar-refractivity contribution < 1.29 is 19.1 Å². The number of nitrogens with one attached hydrogen (secondary N) is 2. The van der Waals surface area contributed by atoms with E-state index in [9.17, 15) is 14.7 Å². The van der Waals surface area contributed by atoms with Crippen molar-refractivity contribution in [2.45, 2.75) is 32.4 Å². The van der Waals surface area contributed by atoms with E-state index in [0.29, 0.717) is 34.0 Å². The molecule has 0 aliphatic carbocycles. The highest BCUT2D eigenvalue weighted by atomic mass is 16.4. The molecule has 1 saturated heterocycles. The highest BCUT2D eigenvalue weighted by Gasteiger charge is 2.40. The molecule has 0 radical (unpaired) electrons. The van der Waals surface area contributed by atoms with Crippen molar-refractivity contribution in [3.63, 3.8) is 0 Å². The first-order valence-corrected chi connectivity index (χ1v) is 10.5. The first-order valence-electron chi connectivity index (χ1n) is 10.5. The van der Waals surface area contributed by atoms with Crippen LogP contribution in [0, 0.1) is 13.8 Å². The molecule has 4 aromatic rings. The van der Waals surface area contributed by atoms with Crippen LogP contribution in [0.5, 0.6) is 0 Å². The van der Waals surface area contributed by atoms with Gasteiger partial charge in [-0.2, -0.15) is 0 Å². The Labute approximate surface area is 188 Å². The lowest BCUT2D eigenvalue weighted by molar-refractivity contribution is -0.138. The zero-order valence-corrected chi connectivity index (χ0v) is 18.1. The van der Waals surface area contributed by atoms with Gasteiger partial charge in [0.1, 0.15) is 23.0 Å². The van der Waals surface area contributed by atoms with E-state index in [4.69, 9.17) is 4.42 Å². The minimum absolute atomic E-state index is 0.222. The number of carboxylic acids is 1. The van der Waals surface area contributed by atoms with E-state index in [1.54, 1.807) is 30.2 Å². The summed E-state index contributed by atoms with van der Waals surface area (Å²) < 4.78 is 6.02. The van der Waals surface area contributed by atoms with Crippen LogP contribution in [0.1, 0.15) is 17.9 Å². The van der Waals surface area contributed by atoms with E-state index in [0.717, 1.165) is 11.1 Å². The summed E-state index contributed by atoms with van der Waals surface area (Å²) in [5.41, 5.74) is 3.12. The lowest BCUT2D eigenvalue weighted by Crippen LogP contribution is -2.40. The number of furan rings is 1. The highest BCUT2D eigenvalue weighted by molar-refractivity contribution is 6.06. The summed E-state index contributed by atoms with van der Waals surface area (Å²) in [5.74, 6) is -0.0780. The predicted molar refractivity (Wildman–Crippen MR) is 122 cm³/mol. The number of hydrogen-bond acceptors (Lipinski definition) is 7. The molecule has 0 spiro atoms. The fourth-order valence-corrected chi connectivity index (χ4v) is 4.18. The number of nitrogens with zero attached hydrogens (tertiary/aromatic N) is 4. The molecule has 33 heavy (non-hydrogen) atoms. The van der Waals surface area contributed by atoms with E-state index in [1.165, 1.54) is 0 Å². The number of carboxylic acid groups (broad SMARTS) is 1. The Kier molecular flexibility index (Phi) is 5.04. The van der Waals surface area contributed by atoms with Crippen LogP contribution in [0.3, 0.4) is 0 Å². The number of rotatable bonds is 4. The van der Waals surface area contributed by atoms with Crippen LogP contribution < -0.4 is 15.5 Å². The quantitative estimate of drug-likeness (QED) is 0.435. The molecule has 10 nitrogen and oxygen atoms in total. The maximum absolute atomic E-state index is 12.5. The average Bonchev–Trinajstić information content (AvgIpc) is 3.36. The second-order valence-electron chi connectivity index (χ2n) is 8.10. The molecular weight excluding hydrogens is 424 g/mol. The van der Waals surface area contributed by atoms with Gasteiger partial charge in [-0.1, -0.05) is 12.1 Å². The van der Waals surface area contributed by atoms with Crippen LogP contribution in [0.15, 0.2) is 47.0 Å². The number of para-hydroxylation sites is 1. The third-order valence-corrected chi connectivity index (χ3v) is 5.68. The average molecular weight is 446 g/mol. The molecule has 3 aromatic heterocycles. The Morgan fingerprint density at radius 2 is 1.97 bits per heavy atom. The molecular formula is C23H22N6O4. The van der Waals surface area contributed by atoms with E-state index >= 15 is 0 Å². The Morgan fingerprint density at radius 1 is 1.15 bits per heavy atom. The van der Waals surface area contributed by atoms with Gasteiger partial charge in [0, 0.05) is 24.0 Å². The maximum Gasteiger partial charge on any atom is 0.326 e. The van der Waals surface area contributed by atoms with Crippen molar-refractivity contribution in [2.24, 2.45) is 0 Å². The molecule has 0 bridgehead atoms. The lowest BCUT2D eigenvalue weighted by atomic mass is 10.2. The number of hydrogen-bond donors (Lipinski definition) is 3. The smallest absolute Gasteiger partial charge is 0.326 e. The molecule has 1 fully saturated rings. The maximum atomic E-state index is 12.5. The van der Waals surface area contributed by atoms with E-state index < -0.39 is 24.1 Å².